The van der Waals surface area contributed by atoms with Gasteiger partial charge < -0.3 is 24.4 Å². The van der Waals surface area contributed by atoms with Gasteiger partial charge in [0.2, 0.25) is 0 Å². The summed E-state index contributed by atoms with van der Waals surface area (Å²) in [7, 11) is 0. The fraction of sp³-hybridized carbons (Fsp3) is 0.290. The van der Waals surface area contributed by atoms with E-state index in [1.54, 1.807) is 0 Å². The molecule has 0 amide bonds. The average molecular weight is 558 g/mol. The molecule has 2 aliphatic rings. The molecule has 6 rings (SSSR count). The van der Waals surface area contributed by atoms with E-state index in [0.29, 0.717) is 5.11 Å². The predicted octanol–water partition coefficient (Wildman–Crippen LogP) is 6.46. The first-order valence-corrected chi connectivity index (χ1v) is 14.1. The number of aromatic nitrogens is 2. The van der Waals surface area contributed by atoms with Crippen molar-refractivity contribution in [1.82, 2.24) is 14.9 Å². The van der Waals surface area contributed by atoms with Crippen molar-refractivity contribution in [2.75, 3.05) is 36.1 Å². The van der Waals surface area contributed by atoms with E-state index in [-0.39, 0.29) is 12.1 Å². The first-order valence-electron chi connectivity index (χ1n) is 13.3. The highest BCUT2D eigenvalue weighted by Gasteiger charge is 2.42. The van der Waals surface area contributed by atoms with Gasteiger partial charge in [0.15, 0.2) is 5.11 Å². The van der Waals surface area contributed by atoms with E-state index in [2.05, 4.69) is 82.9 Å². The minimum Gasteiger partial charge on any atom is -0.378 e. The molecule has 2 saturated heterocycles. The molecular formula is C31H32ClN5OS. The molecule has 0 unspecified atom stereocenters. The Balaban J connectivity index is 1.45. The number of hydrogen-bond acceptors (Lipinski definition) is 4. The van der Waals surface area contributed by atoms with Gasteiger partial charge in [0, 0.05) is 52.8 Å². The Bertz CT molecular complexity index is 1500. The van der Waals surface area contributed by atoms with Crippen molar-refractivity contribution < 1.29 is 4.74 Å². The third-order valence-corrected chi connectivity index (χ3v) is 8.35. The van der Waals surface area contributed by atoms with Crippen LogP contribution in [0.15, 0.2) is 72.9 Å². The summed E-state index contributed by atoms with van der Waals surface area (Å²) in [5.74, 6) is 0. The van der Waals surface area contributed by atoms with E-state index in [4.69, 9.17) is 33.5 Å². The highest BCUT2D eigenvalue weighted by atomic mass is 35.5. The standard InChI is InChI=1S/C31H32ClN5OS/c1-20-7-8-23(32)19-28(20)36-21(2)18-26(22(36)3)30-29(27-6-4-5-13-33-27)34-31(39)37(30)25-11-9-24(10-12-25)35-14-16-38-17-15-35/h4-13,18-19,29-30H,14-17H2,1-3H3,(H,34,39)/t29-,30+/m1/s1. The zero-order valence-corrected chi connectivity index (χ0v) is 24.0. The van der Waals surface area contributed by atoms with Gasteiger partial charge in [-0.2, -0.15) is 0 Å². The van der Waals surface area contributed by atoms with E-state index in [0.717, 1.165) is 59.8 Å². The number of thiocarbonyl (C=S) groups is 1. The van der Waals surface area contributed by atoms with Crippen LogP contribution in [0.2, 0.25) is 5.02 Å². The normalized spacial score (nSPS) is 19.4. The molecule has 2 aliphatic heterocycles. The monoisotopic (exact) mass is 557 g/mol. The van der Waals surface area contributed by atoms with Crippen molar-refractivity contribution in [2.24, 2.45) is 0 Å². The third-order valence-electron chi connectivity index (χ3n) is 7.80. The van der Waals surface area contributed by atoms with Crippen LogP contribution in [0.3, 0.4) is 0 Å². The number of ether oxygens (including phenoxy) is 1. The van der Waals surface area contributed by atoms with Crippen LogP contribution in [0.25, 0.3) is 5.69 Å². The number of rotatable bonds is 5. The lowest BCUT2D eigenvalue weighted by Crippen LogP contribution is -2.36. The molecule has 39 heavy (non-hydrogen) atoms. The minimum atomic E-state index is -0.105. The molecule has 2 aromatic heterocycles. The number of morpholine rings is 1. The zero-order chi connectivity index (χ0) is 27.1. The Morgan fingerprint density at radius 2 is 1.69 bits per heavy atom. The number of benzene rings is 2. The fourth-order valence-electron chi connectivity index (χ4n) is 5.88. The highest BCUT2D eigenvalue weighted by Crippen LogP contribution is 2.44. The maximum Gasteiger partial charge on any atom is 0.174 e. The van der Waals surface area contributed by atoms with Crippen molar-refractivity contribution in [1.29, 1.82) is 0 Å². The molecule has 8 heteroatoms. The van der Waals surface area contributed by atoms with Crippen LogP contribution in [0.5, 0.6) is 0 Å². The number of nitrogens with zero attached hydrogens (tertiary/aromatic N) is 4. The minimum absolute atomic E-state index is 0.0823. The van der Waals surface area contributed by atoms with E-state index in [9.17, 15) is 0 Å². The fourth-order valence-corrected chi connectivity index (χ4v) is 6.39. The second-order valence-corrected chi connectivity index (χ2v) is 11.0. The smallest absolute Gasteiger partial charge is 0.174 e. The van der Waals surface area contributed by atoms with Crippen LogP contribution in [-0.2, 0) is 4.74 Å². The topological polar surface area (TPSA) is 45.6 Å². The van der Waals surface area contributed by atoms with Crippen molar-refractivity contribution in [2.45, 2.75) is 32.9 Å². The van der Waals surface area contributed by atoms with Crippen LogP contribution in [0, 0.1) is 20.8 Å². The molecule has 0 spiro atoms. The number of pyridine rings is 1. The second-order valence-electron chi connectivity index (χ2n) is 10.2. The zero-order valence-electron chi connectivity index (χ0n) is 22.4. The van der Waals surface area contributed by atoms with Crippen LogP contribution >= 0.6 is 23.8 Å². The molecule has 6 nitrogen and oxygen atoms in total. The van der Waals surface area contributed by atoms with Crippen molar-refractivity contribution in [3.63, 3.8) is 0 Å². The van der Waals surface area contributed by atoms with Crippen LogP contribution < -0.4 is 15.1 Å². The van der Waals surface area contributed by atoms with E-state index in [1.807, 2.05) is 30.5 Å². The Morgan fingerprint density at radius 3 is 2.41 bits per heavy atom. The van der Waals surface area contributed by atoms with Gasteiger partial charge in [0.1, 0.15) is 0 Å². The van der Waals surface area contributed by atoms with Crippen LogP contribution in [-0.4, -0.2) is 41.0 Å². The maximum atomic E-state index is 6.43. The summed E-state index contributed by atoms with van der Waals surface area (Å²) >= 11 is 12.4. The maximum absolute atomic E-state index is 6.43. The van der Waals surface area contributed by atoms with E-state index in [1.165, 1.54) is 16.8 Å². The van der Waals surface area contributed by atoms with Gasteiger partial charge in [-0.3, -0.25) is 4.98 Å². The number of aryl methyl sites for hydroxylation is 2. The molecule has 0 radical (unpaired) electrons. The van der Waals surface area contributed by atoms with Crippen molar-refractivity contribution >= 4 is 40.3 Å². The summed E-state index contributed by atoms with van der Waals surface area (Å²) in [6, 6.07) is 22.9. The largest absolute Gasteiger partial charge is 0.378 e. The lowest BCUT2D eigenvalue weighted by Gasteiger charge is -2.31. The first kappa shape index (κ1) is 25.9. The molecule has 200 valence electrons. The van der Waals surface area contributed by atoms with Crippen LogP contribution in [0.4, 0.5) is 11.4 Å². The molecule has 0 saturated carbocycles. The van der Waals surface area contributed by atoms with Gasteiger partial charge in [-0.1, -0.05) is 23.7 Å². The lowest BCUT2D eigenvalue weighted by atomic mass is 9.96. The molecule has 4 aromatic rings. The Labute approximate surface area is 240 Å². The molecule has 0 aliphatic carbocycles. The number of nitrogens with one attached hydrogen (secondary N) is 1. The number of hydrogen-bond donors (Lipinski definition) is 1. The van der Waals surface area contributed by atoms with Gasteiger partial charge in [-0.15, -0.1) is 0 Å². The van der Waals surface area contributed by atoms with Crippen molar-refractivity contribution in [3.8, 4) is 5.69 Å². The summed E-state index contributed by atoms with van der Waals surface area (Å²) in [6.45, 7) is 9.78. The Morgan fingerprint density at radius 1 is 0.949 bits per heavy atom. The van der Waals surface area contributed by atoms with Gasteiger partial charge in [-0.25, -0.2) is 0 Å². The lowest BCUT2D eigenvalue weighted by molar-refractivity contribution is 0.122. The summed E-state index contributed by atoms with van der Waals surface area (Å²) in [6.07, 6.45) is 1.84. The molecule has 2 aromatic carbocycles. The average Bonchev–Trinajstić information content (AvgIpc) is 3.45. The molecule has 0 bridgehead atoms. The predicted molar refractivity (Wildman–Crippen MR) is 162 cm³/mol. The summed E-state index contributed by atoms with van der Waals surface area (Å²) in [5, 5.41) is 5.02. The molecule has 2 atom stereocenters. The molecule has 4 heterocycles. The van der Waals surface area contributed by atoms with Gasteiger partial charge in [-0.05, 0) is 98.7 Å². The molecule has 1 N–H and O–H groups in total. The van der Waals surface area contributed by atoms with E-state index < -0.39 is 0 Å². The second kappa shape index (κ2) is 10.6. The summed E-state index contributed by atoms with van der Waals surface area (Å²) < 4.78 is 7.83. The van der Waals surface area contributed by atoms with Gasteiger partial charge >= 0.3 is 0 Å². The summed E-state index contributed by atoms with van der Waals surface area (Å²) in [4.78, 5) is 9.33. The Kier molecular flexibility index (Phi) is 7.06. The van der Waals surface area contributed by atoms with E-state index >= 15 is 0 Å². The van der Waals surface area contributed by atoms with Crippen LogP contribution in [0.1, 0.15) is 40.3 Å². The highest BCUT2D eigenvalue weighted by molar-refractivity contribution is 7.80. The molecule has 2 fully saturated rings. The quantitative estimate of drug-likeness (QED) is 0.284. The number of halogens is 1. The van der Waals surface area contributed by atoms with Gasteiger partial charge in [0.25, 0.3) is 0 Å². The summed E-state index contributed by atoms with van der Waals surface area (Å²) in [5.41, 5.74) is 8.98. The third kappa shape index (κ3) is 4.80. The molecular weight excluding hydrogens is 526 g/mol. The number of anilines is 2. The SMILES string of the molecule is Cc1ccc(Cl)cc1-n1c(C)cc([C@H]2[C@@H](c3ccccn3)NC(=S)N2c2ccc(N3CCOCC3)cc2)c1C. The van der Waals surface area contributed by atoms with Crippen molar-refractivity contribution in [3.05, 3.63) is 106 Å². The first-order chi connectivity index (χ1) is 18.9. The Hall–Kier alpha value is -3.39. The van der Waals surface area contributed by atoms with Gasteiger partial charge in [0.05, 0.1) is 31.0 Å².